The molecule has 2 rings (SSSR count). The molecular weight excluding hydrogens is 478 g/mol. The van der Waals surface area contributed by atoms with Gasteiger partial charge in [-0.25, -0.2) is 4.79 Å². The number of rotatable bonds is 13. The van der Waals surface area contributed by atoms with E-state index in [9.17, 15) is 14.4 Å². The highest BCUT2D eigenvalue weighted by molar-refractivity contribution is 5.92. The number of benzene rings is 1. The summed E-state index contributed by atoms with van der Waals surface area (Å²) >= 11 is 0. The van der Waals surface area contributed by atoms with Gasteiger partial charge in [0, 0.05) is 12.6 Å². The summed E-state index contributed by atoms with van der Waals surface area (Å²) in [7, 11) is 0. The molecule has 0 bridgehead atoms. The van der Waals surface area contributed by atoms with Crippen molar-refractivity contribution in [2.75, 3.05) is 6.54 Å². The molecule has 1 saturated carbocycles. The normalized spacial score (nSPS) is 16.7. The molecular formula is C31H51N3O4. The Hall–Kier alpha value is -2.57. The molecule has 1 aliphatic rings. The zero-order valence-corrected chi connectivity index (χ0v) is 24.6. The molecule has 1 aromatic carbocycles. The Balaban J connectivity index is 2.43. The summed E-state index contributed by atoms with van der Waals surface area (Å²) in [5.74, 6) is -0.521. The van der Waals surface area contributed by atoms with Crippen LogP contribution in [0.4, 0.5) is 4.79 Å². The Morgan fingerprint density at radius 1 is 1.00 bits per heavy atom. The van der Waals surface area contributed by atoms with E-state index in [2.05, 4.69) is 17.6 Å². The van der Waals surface area contributed by atoms with Gasteiger partial charge in [0.1, 0.15) is 17.7 Å². The second-order valence-corrected chi connectivity index (χ2v) is 11.8. The van der Waals surface area contributed by atoms with Crippen LogP contribution in [0.3, 0.4) is 0 Å². The fourth-order valence-electron chi connectivity index (χ4n) is 5.01. The molecule has 2 N–H and O–H groups in total. The van der Waals surface area contributed by atoms with Crippen LogP contribution in [0.1, 0.15) is 117 Å². The quantitative estimate of drug-likeness (QED) is 0.285. The van der Waals surface area contributed by atoms with Gasteiger partial charge >= 0.3 is 6.09 Å². The number of amides is 3. The van der Waals surface area contributed by atoms with Crippen molar-refractivity contribution in [3.05, 3.63) is 35.9 Å². The summed E-state index contributed by atoms with van der Waals surface area (Å²) in [4.78, 5) is 42.7. The van der Waals surface area contributed by atoms with Crippen LogP contribution >= 0.6 is 0 Å². The highest BCUT2D eigenvalue weighted by Gasteiger charge is 2.38. The molecule has 7 heteroatoms. The maximum atomic E-state index is 14.3. The van der Waals surface area contributed by atoms with Gasteiger partial charge in [0.05, 0.1) is 0 Å². The van der Waals surface area contributed by atoms with E-state index in [1.54, 1.807) is 25.7 Å². The maximum Gasteiger partial charge on any atom is 0.408 e. The molecule has 0 spiro atoms. The first kappa shape index (κ1) is 31.6. The highest BCUT2D eigenvalue weighted by atomic mass is 16.6. The topological polar surface area (TPSA) is 87.7 Å². The zero-order chi connectivity index (χ0) is 28.1. The lowest BCUT2D eigenvalue weighted by atomic mass is 9.93. The average molecular weight is 530 g/mol. The molecule has 7 nitrogen and oxygen atoms in total. The number of nitrogens with zero attached hydrogens (tertiary/aromatic N) is 1. The average Bonchev–Trinajstić information content (AvgIpc) is 2.88. The third-order valence-electron chi connectivity index (χ3n) is 7.31. The van der Waals surface area contributed by atoms with Gasteiger partial charge in [-0.1, -0.05) is 96.0 Å². The largest absolute Gasteiger partial charge is 0.444 e. The Labute approximate surface area is 230 Å². The number of hydrogen-bond acceptors (Lipinski definition) is 4. The van der Waals surface area contributed by atoms with Gasteiger partial charge in [-0.2, -0.15) is 0 Å². The lowest BCUT2D eigenvalue weighted by molar-refractivity contribution is -0.144. The maximum absolute atomic E-state index is 14.3. The van der Waals surface area contributed by atoms with Gasteiger partial charge in [-0.05, 0) is 51.5 Å². The lowest BCUT2D eigenvalue weighted by Crippen LogP contribution is -2.56. The molecule has 0 aromatic heterocycles. The second kappa shape index (κ2) is 15.7. The van der Waals surface area contributed by atoms with Crippen LogP contribution in [-0.2, 0) is 14.3 Å². The third kappa shape index (κ3) is 10.3. The molecule has 38 heavy (non-hydrogen) atoms. The SMILES string of the molecule is CCCCCCN(C(=O)C(NC(=O)OC(C)(C)C)C(C)CC)C(C(=O)NC1CCCCC1)c1ccccc1. The Morgan fingerprint density at radius 2 is 1.66 bits per heavy atom. The van der Waals surface area contributed by atoms with Crippen LogP contribution in [0, 0.1) is 5.92 Å². The van der Waals surface area contributed by atoms with Crippen LogP contribution < -0.4 is 10.6 Å². The summed E-state index contributed by atoms with van der Waals surface area (Å²) < 4.78 is 5.50. The minimum absolute atomic E-state index is 0.129. The van der Waals surface area contributed by atoms with E-state index >= 15 is 0 Å². The molecule has 3 amide bonds. The minimum atomic E-state index is -0.797. The van der Waals surface area contributed by atoms with Crippen LogP contribution in [0.25, 0.3) is 0 Å². The summed E-state index contributed by atoms with van der Waals surface area (Å²) in [5, 5.41) is 6.11. The van der Waals surface area contributed by atoms with Crippen molar-refractivity contribution in [3.8, 4) is 0 Å². The van der Waals surface area contributed by atoms with Crippen LogP contribution in [0.15, 0.2) is 30.3 Å². The molecule has 1 fully saturated rings. The molecule has 214 valence electrons. The molecule has 0 radical (unpaired) electrons. The van der Waals surface area contributed by atoms with Crippen LogP contribution in [0.5, 0.6) is 0 Å². The first-order chi connectivity index (χ1) is 18.1. The van der Waals surface area contributed by atoms with Crippen molar-refractivity contribution in [2.24, 2.45) is 5.92 Å². The molecule has 3 atom stereocenters. The molecule has 0 aliphatic heterocycles. The van der Waals surface area contributed by atoms with E-state index in [4.69, 9.17) is 4.74 Å². The number of hydrogen-bond donors (Lipinski definition) is 2. The van der Waals surface area contributed by atoms with E-state index in [1.807, 2.05) is 44.2 Å². The standard InChI is InChI=1S/C31H51N3O4/c1-7-9-10-17-22-34(29(36)26(23(3)8-2)33-30(37)38-31(4,5)6)27(24-18-13-11-14-19-24)28(35)32-25-20-15-12-16-21-25/h11,13-14,18-19,23,25-27H,7-10,12,15-17,20-22H2,1-6H3,(H,32,35)(H,33,37). The van der Waals surface area contributed by atoms with Crippen molar-refractivity contribution in [2.45, 2.75) is 129 Å². The smallest absolute Gasteiger partial charge is 0.408 e. The fourth-order valence-corrected chi connectivity index (χ4v) is 5.01. The van der Waals surface area contributed by atoms with Gasteiger partial charge < -0.3 is 20.3 Å². The van der Waals surface area contributed by atoms with E-state index in [-0.39, 0.29) is 23.8 Å². The first-order valence-corrected chi connectivity index (χ1v) is 14.7. The monoisotopic (exact) mass is 529 g/mol. The molecule has 3 unspecified atom stereocenters. The summed E-state index contributed by atoms with van der Waals surface area (Å²) in [6.45, 7) is 11.9. The number of carbonyl (C=O) groups excluding carboxylic acids is 3. The number of alkyl carbamates (subject to hydrolysis) is 1. The summed E-state index contributed by atoms with van der Waals surface area (Å²) in [6.07, 6.45) is 9.33. The van der Waals surface area contributed by atoms with E-state index in [1.165, 1.54) is 6.42 Å². The Morgan fingerprint density at radius 3 is 2.24 bits per heavy atom. The van der Waals surface area contributed by atoms with E-state index < -0.39 is 23.8 Å². The van der Waals surface area contributed by atoms with E-state index in [0.717, 1.165) is 56.9 Å². The predicted molar refractivity (Wildman–Crippen MR) is 153 cm³/mol. The zero-order valence-electron chi connectivity index (χ0n) is 24.6. The number of carbonyl (C=O) groups is 3. The van der Waals surface area contributed by atoms with Crippen molar-refractivity contribution < 1.29 is 19.1 Å². The molecule has 1 aromatic rings. The van der Waals surface area contributed by atoms with Gasteiger partial charge in [-0.3, -0.25) is 9.59 Å². The number of ether oxygens (including phenoxy) is 1. The van der Waals surface area contributed by atoms with Crippen LogP contribution in [0.2, 0.25) is 0 Å². The van der Waals surface area contributed by atoms with E-state index in [0.29, 0.717) is 13.0 Å². The van der Waals surface area contributed by atoms with Crippen molar-refractivity contribution in [1.29, 1.82) is 0 Å². The molecule has 0 saturated heterocycles. The number of unbranched alkanes of at least 4 members (excludes halogenated alkanes) is 3. The van der Waals surface area contributed by atoms with Crippen molar-refractivity contribution in [3.63, 3.8) is 0 Å². The highest BCUT2D eigenvalue weighted by Crippen LogP contribution is 2.27. The van der Waals surface area contributed by atoms with Gasteiger partial charge in [0.15, 0.2) is 0 Å². The number of nitrogens with one attached hydrogen (secondary N) is 2. The first-order valence-electron chi connectivity index (χ1n) is 14.7. The van der Waals surface area contributed by atoms with Gasteiger partial charge in [-0.15, -0.1) is 0 Å². The predicted octanol–water partition coefficient (Wildman–Crippen LogP) is 6.52. The van der Waals surface area contributed by atoms with Gasteiger partial charge in [0.25, 0.3) is 0 Å². The van der Waals surface area contributed by atoms with Crippen molar-refractivity contribution in [1.82, 2.24) is 15.5 Å². The molecule has 1 aliphatic carbocycles. The van der Waals surface area contributed by atoms with Crippen LogP contribution in [-0.4, -0.2) is 47.0 Å². The van der Waals surface area contributed by atoms with Gasteiger partial charge in [0.2, 0.25) is 11.8 Å². The summed E-state index contributed by atoms with van der Waals surface area (Å²) in [5.41, 5.74) is 0.101. The van der Waals surface area contributed by atoms with Crippen molar-refractivity contribution >= 4 is 17.9 Å². The fraction of sp³-hybridized carbons (Fsp3) is 0.710. The Bertz CT molecular complexity index is 862. The summed E-state index contributed by atoms with van der Waals surface area (Å²) in [6, 6.07) is 8.12. The lowest BCUT2D eigenvalue weighted by Gasteiger charge is -2.37. The Kier molecular flexibility index (Phi) is 13.1. The minimum Gasteiger partial charge on any atom is -0.444 e. The second-order valence-electron chi connectivity index (χ2n) is 11.8. The molecule has 0 heterocycles. The third-order valence-corrected chi connectivity index (χ3v) is 7.31.